The van der Waals surface area contributed by atoms with Crippen LogP contribution in [0, 0.1) is 5.95 Å². The average molecular weight is 441 g/mol. The molecule has 1 aliphatic heterocycles. The molecule has 1 unspecified atom stereocenters. The molecular formula is C22H18ClFN4O3. The zero-order valence-electron chi connectivity index (χ0n) is 16.4. The molecule has 4 rings (SSSR count). The third-order valence-corrected chi connectivity index (χ3v) is 5.22. The Bertz CT molecular complexity index is 1240. The van der Waals surface area contributed by atoms with Gasteiger partial charge in [0.2, 0.25) is 5.95 Å². The third kappa shape index (κ3) is 4.20. The number of aromatic carboxylic acids is 1. The minimum absolute atomic E-state index is 0.145. The Kier molecular flexibility index (Phi) is 5.56. The molecule has 2 atom stereocenters. The summed E-state index contributed by atoms with van der Waals surface area (Å²) in [6.07, 6.45) is 1.78. The number of anilines is 1. The Labute approximate surface area is 181 Å². The molecule has 0 aliphatic carbocycles. The summed E-state index contributed by atoms with van der Waals surface area (Å²) in [6.45, 7) is 2.05. The van der Waals surface area contributed by atoms with Crippen LogP contribution in [0.3, 0.4) is 0 Å². The number of hydrogen-bond donors (Lipinski definition) is 2. The molecule has 0 amide bonds. The summed E-state index contributed by atoms with van der Waals surface area (Å²) in [7, 11) is 0. The number of carboxylic acids is 1. The quantitative estimate of drug-likeness (QED) is 0.464. The largest absolute Gasteiger partial charge is 0.476 e. The second-order valence-corrected chi connectivity index (χ2v) is 7.68. The lowest BCUT2D eigenvalue weighted by molar-refractivity contribution is 0.0690. The van der Waals surface area contributed by atoms with Crippen LogP contribution in [0.5, 0.6) is 0 Å². The van der Waals surface area contributed by atoms with Gasteiger partial charge in [-0.05, 0) is 19.1 Å². The molecule has 0 bridgehead atoms. The van der Waals surface area contributed by atoms with Crippen LogP contribution in [0.1, 0.15) is 23.2 Å². The normalized spacial score (nSPS) is 16.2. The fourth-order valence-electron chi connectivity index (χ4n) is 3.52. The highest BCUT2D eigenvalue weighted by molar-refractivity contribution is 6.22. The van der Waals surface area contributed by atoms with Gasteiger partial charge in [-0.3, -0.25) is 9.36 Å². The van der Waals surface area contributed by atoms with Crippen molar-refractivity contribution < 1.29 is 14.3 Å². The number of nitrogens with one attached hydrogen (secondary N) is 1. The molecular weight excluding hydrogens is 423 g/mol. The van der Waals surface area contributed by atoms with Gasteiger partial charge in [-0.25, -0.2) is 14.8 Å². The van der Waals surface area contributed by atoms with Crippen molar-refractivity contribution in [2.45, 2.75) is 24.9 Å². The van der Waals surface area contributed by atoms with Gasteiger partial charge in [-0.1, -0.05) is 36.4 Å². The molecule has 0 saturated heterocycles. The number of aromatic nitrogens is 3. The van der Waals surface area contributed by atoms with Gasteiger partial charge in [0.15, 0.2) is 5.69 Å². The molecule has 1 aliphatic rings. The lowest BCUT2D eigenvalue weighted by Crippen LogP contribution is -2.34. The monoisotopic (exact) mass is 440 g/mol. The molecule has 158 valence electrons. The zero-order valence-corrected chi connectivity index (χ0v) is 17.2. The summed E-state index contributed by atoms with van der Waals surface area (Å²) < 4.78 is 14.9. The van der Waals surface area contributed by atoms with Crippen LogP contribution in [0.25, 0.3) is 16.8 Å². The lowest BCUT2D eigenvalue weighted by Gasteiger charge is -2.27. The minimum Gasteiger partial charge on any atom is -0.476 e. The summed E-state index contributed by atoms with van der Waals surface area (Å²) >= 11 is 6.37. The highest BCUT2D eigenvalue weighted by atomic mass is 35.5. The first kappa shape index (κ1) is 20.7. The molecule has 3 aromatic rings. The van der Waals surface area contributed by atoms with E-state index in [0.29, 0.717) is 17.1 Å². The van der Waals surface area contributed by atoms with E-state index in [1.54, 1.807) is 13.0 Å². The van der Waals surface area contributed by atoms with E-state index in [1.807, 2.05) is 30.3 Å². The number of fused-ring (bicyclic) bond motifs is 1. The summed E-state index contributed by atoms with van der Waals surface area (Å²) in [5.74, 6) is -1.81. The first-order valence-electron chi connectivity index (χ1n) is 9.53. The highest BCUT2D eigenvalue weighted by Gasteiger charge is 2.26. The van der Waals surface area contributed by atoms with E-state index in [0.717, 1.165) is 11.6 Å². The smallest absolute Gasteiger partial charge is 0.356 e. The topological polar surface area (TPSA) is 97.1 Å². The minimum atomic E-state index is -1.36. The Morgan fingerprint density at radius 3 is 2.71 bits per heavy atom. The Morgan fingerprint density at radius 1 is 1.26 bits per heavy atom. The van der Waals surface area contributed by atoms with Crippen molar-refractivity contribution in [2.24, 2.45) is 0 Å². The molecule has 0 radical (unpaired) electrons. The van der Waals surface area contributed by atoms with Gasteiger partial charge in [0.1, 0.15) is 5.82 Å². The molecule has 9 heteroatoms. The molecule has 0 spiro atoms. The van der Waals surface area contributed by atoms with Crippen LogP contribution in [0.4, 0.5) is 10.1 Å². The highest BCUT2D eigenvalue weighted by Crippen LogP contribution is 2.28. The summed E-state index contributed by atoms with van der Waals surface area (Å²) in [5.41, 5.74) is 1.43. The van der Waals surface area contributed by atoms with Gasteiger partial charge in [0.05, 0.1) is 22.8 Å². The average Bonchev–Trinajstić information content (AvgIpc) is 2.75. The number of allylic oxidation sites excluding steroid dienone is 1. The molecule has 2 N–H and O–H groups in total. The Hall–Kier alpha value is -3.52. The fraction of sp³-hybridized carbons (Fsp3) is 0.182. The predicted molar refractivity (Wildman–Crippen MR) is 116 cm³/mol. The molecule has 0 fully saturated rings. The van der Waals surface area contributed by atoms with E-state index in [-0.39, 0.29) is 17.8 Å². The van der Waals surface area contributed by atoms with E-state index in [2.05, 4.69) is 10.3 Å². The third-order valence-electron chi connectivity index (χ3n) is 4.96. The second-order valence-electron chi connectivity index (χ2n) is 7.12. The van der Waals surface area contributed by atoms with Crippen molar-refractivity contribution in [2.75, 3.05) is 5.32 Å². The number of rotatable bonds is 5. The van der Waals surface area contributed by atoms with Crippen LogP contribution in [-0.4, -0.2) is 37.0 Å². The van der Waals surface area contributed by atoms with Crippen molar-refractivity contribution in [3.8, 4) is 11.3 Å². The van der Waals surface area contributed by atoms with Crippen molar-refractivity contribution in [1.82, 2.24) is 14.5 Å². The molecule has 3 heterocycles. The van der Waals surface area contributed by atoms with Crippen LogP contribution in [0.15, 0.2) is 59.4 Å². The number of pyridine rings is 1. The summed E-state index contributed by atoms with van der Waals surface area (Å²) in [4.78, 5) is 32.4. The number of carbonyl (C=O) groups is 1. The molecule has 31 heavy (non-hydrogen) atoms. The molecule has 2 aromatic heterocycles. The van der Waals surface area contributed by atoms with E-state index in [4.69, 9.17) is 16.6 Å². The van der Waals surface area contributed by atoms with Gasteiger partial charge in [-0.2, -0.15) is 4.39 Å². The maximum atomic E-state index is 13.4. The maximum absolute atomic E-state index is 13.4. The summed E-state index contributed by atoms with van der Waals surface area (Å²) in [6, 6.07) is 12.7. The first-order valence-corrected chi connectivity index (χ1v) is 9.97. The number of alkyl halides is 1. The van der Waals surface area contributed by atoms with Crippen LogP contribution < -0.4 is 10.9 Å². The van der Waals surface area contributed by atoms with Crippen LogP contribution in [0.2, 0.25) is 0 Å². The van der Waals surface area contributed by atoms with E-state index < -0.39 is 29.0 Å². The van der Waals surface area contributed by atoms with Crippen molar-refractivity contribution >= 4 is 28.8 Å². The Balaban J connectivity index is 1.76. The molecule has 7 nitrogen and oxygen atoms in total. The van der Waals surface area contributed by atoms with E-state index in [1.165, 1.54) is 16.7 Å². The molecule has 0 saturated carbocycles. The zero-order chi connectivity index (χ0) is 22.1. The number of carboxylic acid groups (broad SMARTS) is 1. The molecule has 1 aromatic carbocycles. The number of halogens is 2. The van der Waals surface area contributed by atoms with Crippen LogP contribution in [-0.2, 0) is 6.54 Å². The maximum Gasteiger partial charge on any atom is 0.356 e. The lowest BCUT2D eigenvalue weighted by atomic mass is 10.0. The predicted octanol–water partition coefficient (Wildman–Crippen LogP) is 3.65. The second kappa shape index (κ2) is 8.31. The van der Waals surface area contributed by atoms with Crippen molar-refractivity contribution in [3.05, 3.63) is 82.4 Å². The fourth-order valence-corrected chi connectivity index (χ4v) is 3.79. The number of hydrogen-bond acceptors (Lipinski definition) is 5. The van der Waals surface area contributed by atoms with E-state index >= 15 is 0 Å². The SMILES string of the molecule is C[C@@H](Nc1ccc(F)nc1C(=O)O)C1=CC(Cl)Cn2c1nc(-c1ccccc1)cc2=O. The van der Waals surface area contributed by atoms with Crippen LogP contribution >= 0.6 is 11.6 Å². The number of nitrogens with zero attached hydrogens (tertiary/aromatic N) is 3. The standard InChI is InChI=1S/C22H18ClFN4O3/c1-12(25-16-7-8-18(24)27-20(16)22(30)31)15-9-14(23)11-28-19(29)10-17(26-21(15)28)13-5-3-2-4-6-13/h2-10,12,14,25H,11H2,1H3,(H,30,31)/t12-,14?/m1/s1. The van der Waals surface area contributed by atoms with Gasteiger partial charge >= 0.3 is 5.97 Å². The van der Waals surface area contributed by atoms with Gasteiger partial charge < -0.3 is 10.4 Å². The van der Waals surface area contributed by atoms with Crippen molar-refractivity contribution in [3.63, 3.8) is 0 Å². The Morgan fingerprint density at radius 2 is 2.00 bits per heavy atom. The van der Waals surface area contributed by atoms with Gasteiger partial charge in [-0.15, -0.1) is 11.6 Å². The summed E-state index contributed by atoms with van der Waals surface area (Å²) in [5, 5.41) is 11.9. The number of benzene rings is 1. The van der Waals surface area contributed by atoms with Gasteiger partial charge in [0, 0.05) is 23.7 Å². The van der Waals surface area contributed by atoms with E-state index in [9.17, 15) is 19.1 Å². The van der Waals surface area contributed by atoms with Gasteiger partial charge in [0.25, 0.3) is 5.56 Å². The first-order chi connectivity index (χ1) is 14.8. The van der Waals surface area contributed by atoms with Crippen molar-refractivity contribution in [1.29, 1.82) is 0 Å².